The molecule has 1 aromatic carbocycles. The van der Waals surface area contributed by atoms with Crippen LogP contribution in [0.3, 0.4) is 0 Å². The van der Waals surface area contributed by atoms with E-state index >= 15 is 0 Å². The van der Waals surface area contributed by atoms with Crippen molar-refractivity contribution < 1.29 is 14.0 Å². The van der Waals surface area contributed by atoms with E-state index in [1.54, 1.807) is 30.6 Å². The number of benzene rings is 1. The lowest BCUT2D eigenvalue weighted by Crippen LogP contribution is -2.36. The monoisotopic (exact) mass is 386 g/mol. The lowest BCUT2D eigenvalue weighted by molar-refractivity contribution is -0.120. The van der Waals surface area contributed by atoms with E-state index in [2.05, 4.69) is 20.6 Å². The Morgan fingerprint density at radius 2 is 1.79 bits per heavy atom. The predicted molar refractivity (Wildman–Crippen MR) is 108 cm³/mol. The summed E-state index contributed by atoms with van der Waals surface area (Å²) in [6.45, 7) is 0.132. The van der Waals surface area contributed by atoms with Crippen LogP contribution in [0.2, 0.25) is 0 Å². The van der Waals surface area contributed by atoms with Gasteiger partial charge in [-0.25, -0.2) is 4.98 Å². The van der Waals surface area contributed by atoms with Crippen LogP contribution in [0.1, 0.15) is 16.1 Å². The van der Waals surface area contributed by atoms with E-state index in [9.17, 15) is 9.59 Å². The number of nitrogens with one attached hydrogen (secondary N) is 2. The van der Waals surface area contributed by atoms with Crippen molar-refractivity contribution in [2.45, 2.75) is 6.54 Å². The first-order valence-corrected chi connectivity index (χ1v) is 9.08. The molecule has 0 bridgehead atoms. The normalized spacial score (nSPS) is 10.6. The maximum absolute atomic E-state index is 12.8. The van der Waals surface area contributed by atoms with E-state index in [0.29, 0.717) is 22.5 Å². The summed E-state index contributed by atoms with van der Waals surface area (Å²) in [5, 5.41) is 6.10. The second-order valence-electron chi connectivity index (χ2n) is 6.35. The fourth-order valence-electron chi connectivity index (χ4n) is 2.95. The van der Waals surface area contributed by atoms with Crippen molar-refractivity contribution in [3.8, 4) is 11.3 Å². The van der Waals surface area contributed by atoms with Crippen LogP contribution in [0.25, 0.3) is 22.2 Å². The molecule has 0 atom stereocenters. The first kappa shape index (κ1) is 18.4. The molecule has 2 N–H and O–H groups in total. The smallest absolute Gasteiger partial charge is 0.252 e. The Labute approximate surface area is 166 Å². The molecule has 7 nitrogen and oxygen atoms in total. The second kappa shape index (κ2) is 8.35. The summed E-state index contributed by atoms with van der Waals surface area (Å²) in [6.07, 6.45) is 4.89. The Bertz CT molecular complexity index is 1140. The van der Waals surface area contributed by atoms with Gasteiger partial charge in [0, 0.05) is 23.3 Å². The number of furan rings is 1. The average molecular weight is 386 g/mol. The van der Waals surface area contributed by atoms with Crippen molar-refractivity contribution in [3.63, 3.8) is 0 Å². The van der Waals surface area contributed by atoms with Crippen LogP contribution in [-0.4, -0.2) is 28.3 Å². The summed E-state index contributed by atoms with van der Waals surface area (Å²) >= 11 is 0. The molecule has 3 heterocycles. The number of pyridine rings is 2. The third-order valence-corrected chi connectivity index (χ3v) is 4.39. The lowest BCUT2D eigenvalue weighted by atomic mass is 10.0. The quantitative estimate of drug-likeness (QED) is 0.531. The van der Waals surface area contributed by atoms with E-state index in [1.807, 2.05) is 36.4 Å². The summed E-state index contributed by atoms with van der Waals surface area (Å²) in [6, 6.07) is 16.3. The van der Waals surface area contributed by atoms with Crippen molar-refractivity contribution in [3.05, 3.63) is 84.6 Å². The molecule has 0 saturated heterocycles. The van der Waals surface area contributed by atoms with Crippen LogP contribution >= 0.6 is 0 Å². The molecule has 7 heteroatoms. The zero-order chi connectivity index (χ0) is 20.1. The Morgan fingerprint density at radius 1 is 0.966 bits per heavy atom. The molecule has 0 aliphatic rings. The number of fused-ring (bicyclic) bond motifs is 1. The molecule has 3 aromatic heterocycles. The number of rotatable bonds is 6. The summed E-state index contributed by atoms with van der Waals surface area (Å²) < 4.78 is 5.17. The molecule has 0 unspecified atom stereocenters. The van der Waals surface area contributed by atoms with Gasteiger partial charge in [-0.15, -0.1) is 0 Å². The third kappa shape index (κ3) is 4.30. The summed E-state index contributed by atoms with van der Waals surface area (Å²) in [7, 11) is 0. The number of aromatic nitrogens is 2. The molecule has 0 aliphatic carbocycles. The van der Waals surface area contributed by atoms with Crippen LogP contribution in [0.15, 0.2) is 77.7 Å². The van der Waals surface area contributed by atoms with Crippen molar-refractivity contribution in [1.82, 2.24) is 20.6 Å². The number of hydrogen-bond acceptors (Lipinski definition) is 5. The van der Waals surface area contributed by atoms with E-state index in [-0.39, 0.29) is 24.9 Å². The van der Waals surface area contributed by atoms with Gasteiger partial charge in [0.2, 0.25) is 5.91 Å². The number of nitrogens with zero attached hydrogens (tertiary/aromatic N) is 2. The average Bonchev–Trinajstić information content (AvgIpc) is 3.29. The molecule has 0 aliphatic heterocycles. The van der Waals surface area contributed by atoms with E-state index in [0.717, 1.165) is 10.9 Å². The highest BCUT2D eigenvalue weighted by Gasteiger charge is 2.15. The van der Waals surface area contributed by atoms with Gasteiger partial charge in [0.15, 0.2) is 0 Å². The SMILES string of the molecule is O=C(CNC(=O)c1cc(-c2ccncc2)nc2ccccc12)NCc1ccco1. The first-order valence-electron chi connectivity index (χ1n) is 9.08. The number of carbonyl (C=O) groups is 2. The van der Waals surface area contributed by atoms with Gasteiger partial charge in [-0.1, -0.05) is 18.2 Å². The van der Waals surface area contributed by atoms with Crippen molar-refractivity contribution in [2.24, 2.45) is 0 Å². The number of amides is 2. The third-order valence-electron chi connectivity index (χ3n) is 4.39. The Hall–Kier alpha value is -4.00. The minimum atomic E-state index is -0.341. The van der Waals surface area contributed by atoms with E-state index < -0.39 is 0 Å². The molecule has 29 heavy (non-hydrogen) atoms. The minimum absolute atomic E-state index is 0.138. The summed E-state index contributed by atoms with van der Waals surface area (Å²) in [4.78, 5) is 33.5. The lowest BCUT2D eigenvalue weighted by Gasteiger charge is -2.10. The van der Waals surface area contributed by atoms with Gasteiger partial charge < -0.3 is 15.1 Å². The standard InChI is InChI=1S/C22H18N4O3/c27-21(24-13-16-4-3-11-29-16)14-25-22(28)18-12-20(15-7-9-23-10-8-15)26-19-6-2-1-5-17(18)19/h1-12H,13-14H2,(H,24,27)(H,25,28). The van der Waals surface area contributed by atoms with Gasteiger partial charge in [0.1, 0.15) is 5.76 Å². The van der Waals surface area contributed by atoms with Gasteiger partial charge in [-0.3, -0.25) is 14.6 Å². The minimum Gasteiger partial charge on any atom is -0.467 e. The number of hydrogen-bond donors (Lipinski definition) is 2. The number of carbonyl (C=O) groups excluding carboxylic acids is 2. The largest absolute Gasteiger partial charge is 0.467 e. The van der Waals surface area contributed by atoms with Crippen molar-refractivity contribution in [2.75, 3.05) is 6.54 Å². The van der Waals surface area contributed by atoms with Crippen molar-refractivity contribution in [1.29, 1.82) is 0 Å². The van der Waals surface area contributed by atoms with Crippen LogP contribution in [-0.2, 0) is 11.3 Å². The van der Waals surface area contributed by atoms with Gasteiger partial charge >= 0.3 is 0 Å². The fraction of sp³-hybridized carbons (Fsp3) is 0.0909. The molecule has 0 radical (unpaired) electrons. The maximum Gasteiger partial charge on any atom is 0.252 e. The second-order valence-corrected chi connectivity index (χ2v) is 6.35. The van der Waals surface area contributed by atoms with Crippen LogP contribution in [0.4, 0.5) is 0 Å². The molecular formula is C22H18N4O3. The maximum atomic E-state index is 12.8. The fourth-order valence-corrected chi connectivity index (χ4v) is 2.95. The Balaban J connectivity index is 1.52. The molecule has 4 rings (SSSR count). The van der Waals surface area contributed by atoms with E-state index in [4.69, 9.17) is 4.42 Å². The molecule has 0 saturated carbocycles. The Kier molecular flexibility index (Phi) is 5.29. The molecule has 2 amide bonds. The first-order chi connectivity index (χ1) is 14.2. The molecule has 4 aromatic rings. The van der Waals surface area contributed by atoms with Gasteiger partial charge in [0.25, 0.3) is 5.91 Å². The Morgan fingerprint density at radius 3 is 2.59 bits per heavy atom. The number of para-hydroxylation sites is 1. The van der Waals surface area contributed by atoms with E-state index in [1.165, 1.54) is 6.26 Å². The zero-order valence-corrected chi connectivity index (χ0v) is 15.5. The molecule has 0 fully saturated rings. The summed E-state index contributed by atoms with van der Waals surface area (Å²) in [5.41, 5.74) is 2.69. The van der Waals surface area contributed by atoms with Gasteiger partial charge in [-0.2, -0.15) is 0 Å². The molecule has 0 spiro atoms. The highest BCUT2D eigenvalue weighted by atomic mass is 16.3. The van der Waals surface area contributed by atoms with Gasteiger partial charge in [0.05, 0.1) is 36.1 Å². The topological polar surface area (TPSA) is 97.1 Å². The predicted octanol–water partition coefficient (Wildman–Crippen LogP) is 2.94. The molecular weight excluding hydrogens is 368 g/mol. The van der Waals surface area contributed by atoms with Gasteiger partial charge in [-0.05, 0) is 36.4 Å². The zero-order valence-electron chi connectivity index (χ0n) is 15.5. The highest BCUT2D eigenvalue weighted by Crippen LogP contribution is 2.24. The van der Waals surface area contributed by atoms with Crippen LogP contribution in [0, 0.1) is 0 Å². The van der Waals surface area contributed by atoms with Crippen molar-refractivity contribution >= 4 is 22.7 Å². The highest BCUT2D eigenvalue weighted by molar-refractivity contribution is 6.08. The summed E-state index contributed by atoms with van der Waals surface area (Å²) in [5.74, 6) is 0.00122. The van der Waals surface area contributed by atoms with Crippen LogP contribution < -0.4 is 10.6 Å². The van der Waals surface area contributed by atoms with Crippen LogP contribution in [0.5, 0.6) is 0 Å². The molecule has 144 valence electrons.